The zero-order valence-electron chi connectivity index (χ0n) is 22.6. The molecule has 1 saturated heterocycles. The van der Waals surface area contributed by atoms with Crippen molar-refractivity contribution in [3.05, 3.63) is 107 Å². The average Bonchev–Trinajstić information content (AvgIpc) is 3.36. The van der Waals surface area contributed by atoms with Crippen LogP contribution in [0.2, 0.25) is 0 Å². The summed E-state index contributed by atoms with van der Waals surface area (Å²) in [6.07, 6.45) is 4.90. The molecular formula is C32H32BrN5O2. The molecule has 1 aliphatic rings. The lowest BCUT2D eigenvalue weighted by Gasteiger charge is -2.30. The van der Waals surface area contributed by atoms with Gasteiger partial charge >= 0.3 is 0 Å². The molecule has 1 N–H and O–H groups in total. The van der Waals surface area contributed by atoms with Crippen LogP contribution in [0.25, 0.3) is 16.9 Å². The molecule has 3 heterocycles. The third kappa shape index (κ3) is 6.76. The number of fused-ring (bicyclic) bond motifs is 1. The number of aryl methyl sites for hydroxylation is 1. The number of carbonyl (C=O) groups excluding carboxylic acids is 1. The predicted octanol–water partition coefficient (Wildman–Crippen LogP) is 7.26. The highest BCUT2D eigenvalue weighted by Crippen LogP contribution is 2.29. The van der Waals surface area contributed by atoms with E-state index in [9.17, 15) is 4.79 Å². The monoisotopic (exact) mass is 597 g/mol. The molecule has 0 amide bonds. The third-order valence-corrected chi connectivity index (χ3v) is 7.47. The summed E-state index contributed by atoms with van der Waals surface area (Å²) in [5, 5.41) is 8.19. The number of para-hydroxylation sites is 1. The number of aldehydes is 1. The molecule has 3 aromatic carbocycles. The number of hydrogen-bond acceptors (Lipinski definition) is 6. The summed E-state index contributed by atoms with van der Waals surface area (Å²) in [5.74, 6) is 2.52. The van der Waals surface area contributed by atoms with Gasteiger partial charge in [-0.05, 0) is 97.8 Å². The van der Waals surface area contributed by atoms with Crippen LogP contribution >= 0.6 is 15.9 Å². The van der Waals surface area contributed by atoms with Crippen molar-refractivity contribution in [1.82, 2.24) is 19.5 Å². The second-order valence-corrected chi connectivity index (χ2v) is 10.7. The molecule has 0 aliphatic carbocycles. The molecule has 0 saturated carbocycles. The quantitative estimate of drug-likeness (QED) is 0.208. The van der Waals surface area contributed by atoms with Gasteiger partial charge in [0, 0.05) is 23.2 Å². The molecular weight excluding hydrogens is 566 g/mol. The van der Waals surface area contributed by atoms with Gasteiger partial charge in [0.25, 0.3) is 0 Å². The van der Waals surface area contributed by atoms with E-state index in [1.807, 2.05) is 41.0 Å². The Morgan fingerprint density at radius 2 is 1.62 bits per heavy atom. The van der Waals surface area contributed by atoms with Gasteiger partial charge in [0.2, 0.25) is 0 Å². The number of anilines is 1. The van der Waals surface area contributed by atoms with E-state index in [0.717, 1.165) is 70.9 Å². The number of hydrogen-bond donors (Lipinski definition) is 1. The summed E-state index contributed by atoms with van der Waals surface area (Å²) in [7, 11) is 2.18. The van der Waals surface area contributed by atoms with Crippen molar-refractivity contribution in [1.29, 1.82) is 0 Å². The number of halogens is 1. The first-order chi connectivity index (χ1) is 19.5. The number of rotatable bonds is 6. The van der Waals surface area contributed by atoms with E-state index in [0.29, 0.717) is 11.6 Å². The van der Waals surface area contributed by atoms with E-state index >= 15 is 0 Å². The Hall–Kier alpha value is -4.01. The van der Waals surface area contributed by atoms with Crippen LogP contribution in [0.15, 0.2) is 95.6 Å². The van der Waals surface area contributed by atoms with Crippen molar-refractivity contribution in [2.75, 3.05) is 25.5 Å². The Morgan fingerprint density at radius 1 is 0.950 bits per heavy atom. The Bertz CT molecular complexity index is 1560. The highest BCUT2D eigenvalue weighted by molar-refractivity contribution is 9.10. The highest BCUT2D eigenvalue weighted by Gasteiger charge is 2.19. The SMILES string of the molecule is Cc1ccccc1-c1cc(NC2CCN(C)CC2)n2ncc(Br)c2n1.O=Cc1ccc(Oc2ccccc2)cc1. The van der Waals surface area contributed by atoms with Gasteiger partial charge in [0.1, 0.15) is 23.6 Å². The van der Waals surface area contributed by atoms with Crippen molar-refractivity contribution < 1.29 is 9.53 Å². The van der Waals surface area contributed by atoms with E-state index in [2.05, 4.69) is 75.5 Å². The number of carbonyl (C=O) groups is 1. The molecule has 0 unspecified atom stereocenters. The van der Waals surface area contributed by atoms with Gasteiger partial charge in [-0.2, -0.15) is 9.61 Å². The largest absolute Gasteiger partial charge is 0.457 e. The summed E-state index contributed by atoms with van der Waals surface area (Å²) in [5.41, 5.74) is 4.85. The smallest absolute Gasteiger partial charge is 0.172 e. The van der Waals surface area contributed by atoms with Crippen LogP contribution in [0.3, 0.4) is 0 Å². The molecule has 1 fully saturated rings. The van der Waals surface area contributed by atoms with Crippen LogP contribution in [-0.2, 0) is 0 Å². The Kier molecular flexibility index (Phi) is 8.88. The van der Waals surface area contributed by atoms with Crippen LogP contribution < -0.4 is 10.1 Å². The first kappa shape index (κ1) is 27.6. The molecule has 7 nitrogen and oxygen atoms in total. The summed E-state index contributed by atoms with van der Waals surface area (Å²) < 4.78 is 8.37. The fourth-order valence-corrected chi connectivity index (χ4v) is 4.99. The molecule has 8 heteroatoms. The van der Waals surface area contributed by atoms with Gasteiger partial charge in [-0.3, -0.25) is 4.79 Å². The van der Waals surface area contributed by atoms with E-state index in [-0.39, 0.29) is 0 Å². The molecule has 204 valence electrons. The van der Waals surface area contributed by atoms with Gasteiger partial charge in [-0.25, -0.2) is 4.98 Å². The van der Waals surface area contributed by atoms with Crippen LogP contribution in [0, 0.1) is 6.92 Å². The normalized spacial score (nSPS) is 13.9. The molecule has 0 atom stereocenters. The number of nitrogens with zero attached hydrogens (tertiary/aromatic N) is 4. The molecule has 2 aromatic heterocycles. The summed E-state index contributed by atoms with van der Waals surface area (Å²) in [6.45, 7) is 4.37. The summed E-state index contributed by atoms with van der Waals surface area (Å²) >= 11 is 3.58. The number of likely N-dealkylation sites (tertiary alicyclic amines) is 1. The minimum Gasteiger partial charge on any atom is -0.457 e. The Balaban J connectivity index is 0.000000184. The number of piperidine rings is 1. The molecule has 0 spiro atoms. The predicted molar refractivity (Wildman–Crippen MR) is 163 cm³/mol. The van der Waals surface area contributed by atoms with Crippen molar-refractivity contribution in [2.24, 2.45) is 0 Å². The number of benzene rings is 3. The minimum atomic E-state index is 0.467. The maximum Gasteiger partial charge on any atom is 0.172 e. The number of nitrogens with one attached hydrogen (secondary N) is 1. The fraction of sp³-hybridized carbons (Fsp3) is 0.219. The average molecular weight is 599 g/mol. The third-order valence-electron chi connectivity index (χ3n) is 6.92. The molecule has 0 radical (unpaired) electrons. The van der Waals surface area contributed by atoms with Crippen LogP contribution in [0.4, 0.5) is 5.82 Å². The van der Waals surface area contributed by atoms with Crippen LogP contribution in [0.1, 0.15) is 28.8 Å². The fourth-order valence-electron chi connectivity index (χ4n) is 4.64. The van der Waals surface area contributed by atoms with Crippen LogP contribution in [0.5, 0.6) is 11.5 Å². The first-order valence-electron chi connectivity index (χ1n) is 13.3. The lowest BCUT2D eigenvalue weighted by Crippen LogP contribution is -2.37. The zero-order valence-corrected chi connectivity index (χ0v) is 24.2. The van der Waals surface area contributed by atoms with Crippen molar-refractivity contribution in [3.63, 3.8) is 0 Å². The second kappa shape index (κ2) is 12.9. The number of ether oxygens (including phenoxy) is 1. The Labute approximate surface area is 243 Å². The molecule has 6 rings (SSSR count). The molecule has 5 aromatic rings. The Morgan fingerprint density at radius 3 is 2.33 bits per heavy atom. The van der Waals surface area contributed by atoms with Crippen molar-refractivity contribution in [2.45, 2.75) is 25.8 Å². The molecule has 40 heavy (non-hydrogen) atoms. The topological polar surface area (TPSA) is 71.8 Å². The standard InChI is InChI=1S/C19H22BrN5.C13H10O2/c1-13-5-3-4-6-15(13)17-11-18(22-14-7-9-24(2)10-8-14)25-19(23-17)16(20)12-21-25;14-10-11-6-8-13(9-7-11)15-12-4-2-1-3-5-12/h3-6,11-12,14,22H,7-10H2,1-2H3;1-10H. The molecule has 0 bridgehead atoms. The van der Waals surface area contributed by atoms with E-state index in [1.54, 1.807) is 24.3 Å². The summed E-state index contributed by atoms with van der Waals surface area (Å²) in [4.78, 5) is 17.7. The summed E-state index contributed by atoms with van der Waals surface area (Å²) in [6, 6.07) is 27.5. The second-order valence-electron chi connectivity index (χ2n) is 9.89. The first-order valence-corrected chi connectivity index (χ1v) is 14.1. The lowest BCUT2D eigenvalue weighted by atomic mass is 10.0. The minimum absolute atomic E-state index is 0.467. The van der Waals surface area contributed by atoms with Gasteiger partial charge in [-0.15, -0.1) is 0 Å². The maximum absolute atomic E-state index is 10.4. The van der Waals surface area contributed by atoms with Crippen molar-refractivity contribution >= 4 is 33.7 Å². The maximum atomic E-state index is 10.4. The van der Waals surface area contributed by atoms with Gasteiger partial charge in [0.05, 0.1) is 16.4 Å². The van der Waals surface area contributed by atoms with Gasteiger partial charge in [0.15, 0.2) is 5.65 Å². The molecule has 1 aliphatic heterocycles. The number of aromatic nitrogens is 3. The zero-order chi connectivity index (χ0) is 27.9. The van der Waals surface area contributed by atoms with E-state index in [4.69, 9.17) is 9.72 Å². The van der Waals surface area contributed by atoms with Gasteiger partial charge < -0.3 is 15.0 Å². The van der Waals surface area contributed by atoms with Crippen molar-refractivity contribution in [3.8, 4) is 22.8 Å². The van der Waals surface area contributed by atoms with Crippen LogP contribution in [-0.4, -0.2) is 52.0 Å². The highest BCUT2D eigenvalue weighted by atomic mass is 79.9. The van der Waals surface area contributed by atoms with Gasteiger partial charge in [-0.1, -0.05) is 42.5 Å². The van der Waals surface area contributed by atoms with E-state index < -0.39 is 0 Å². The van der Waals surface area contributed by atoms with E-state index in [1.165, 1.54) is 5.56 Å². The lowest BCUT2D eigenvalue weighted by molar-refractivity contribution is 0.112.